The van der Waals surface area contributed by atoms with Crippen molar-refractivity contribution in [2.24, 2.45) is 0 Å². The number of nitrogens with one attached hydrogen (secondary N) is 1. The van der Waals surface area contributed by atoms with Gasteiger partial charge in [0.05, 0.1) is 0 Å². The smallest absolute Gasteiger partial charge is 0.240 e. The van der Waals surface area contributed by atoms with Crippen molar-refractivity contribution in [1.29, 1.82) is 0 Å². The van der Waals surface area contributed by atoms with Crippen LogP contribution in [0.1, 0.15) is 33.3 Å². The van der Waals surface area contributed by atoms with Crippen molar-refractivity contribution in [3.8, 4) is 0 Å². The van der Waals surface area contributed by atoms with E-state index >= 15 is 0 Å². The van der Waals surface area contributed by atoms with Gasteiger partial charge in [0, 0.05) is 18.2 Å². The minimum absolute atomic E-state index is 0.0374. The van der Waals surface area contributed by atoms with Crippen molar-refractivity contribution in [1.82, 2.24) is 5.32 Å². The maximum atomic E-state index is 11.9. The first-order valence-corrected chi connectivity index (χ1v) is 6.35. The molecule has 0 saturated carbocycles. The molecule has 4 heteroatoms. The summed E-state index contributed by atoms with van der Waals surface area (Å²) in [7, 11) is 0. The summed E-state index contributed by atoms with van der Waals surface area (Å²) in [5.41, 5.74) is 1.56. The Morgan fingerprint density at radius 1 is 1.16 bits per heavy atom. The number of aryl methyl sites for hydroxylation is 1. The monoisotopic (exact) mass is 262 g/mol. The second-order valence-electron chi connectivity index (χ2n) is 5.74. The molecule has 0 atom stereocenters. The van der Waals surface area contributed by atoms with E-state index in [0.29, 0.717) is 0 Å². The fourth-order valence-electron chi connectivity index (χ4n) is 1.71. The predicted octanol–water partition coefficient (Wildman–Crippen LogP) is 2.26. The molecule has 104 valence electrons. The van der Waals surface area contributed by atoms with E-state index in [1.807, 2.05) is 52.0 Å². The molecule has 0 bridgehead atoms. The third-order valence-corrected chi connectivity index (χ3v) is 2.54. The van der Waals surface area contributed by atoms with E-state index in [4.69, 9.17) is 0 Å². The minimum atomic E-state index is -0.299. The Kier molecular flexibility index (Phi) is 4.70. The predicted molar refractivity (Wildman–Crippen MR) is 77.1 cm³/mol. The van der Waals surface area contributed by atoms with Gasteiger partial charge in [-0.25, -0.2) is 0 Å². The Morgan fingerprint density at radius 3 is 2.11 bits per heavy atom. The number of anilines is 1. The lowest BCUT2D eigenvalue weighted by atomic mass is 10.1. The maximum absolute atomic E-state index is 11.9. The quantitative estimate of drug-likeness (QED) is 0.908. The normalized spacial score (nSPS) is 11.0. The van der Waals surface area contributed by atoms with Crippen LogP contribution in [0.3, 0.4) is 0 Å². The molecule has 1 aromatic rings. The molecular weight excluding hydrogens is 240 g/mol. The molecule has 2 amide bonds. The molecule has 0 aliphatic rings. The average molecular weight is 262 g/mol. The zero-order chi connectivity index (χ0) is 14.6. The van der Waals surface area contributed by atoms with Crippen LogP contribution in [-0.4, -0.2) is 23.9 Å². The molecule has 0 aliphatic carbocycles. The Morgan fingerprint density at radius 2 is 1.68 bits per heavy atom. The summed E-state index contributed by atoms with van der Waals surface area (Å²) in [6, 6.07) is 7.54. The number of hydrogen-bond donors (Lipinski definition) is 1. The Balaban J connectivity index is 2.82. The van der Waals surface area contributed by atoms with Crippen LogP contribution in [-0.2, 0) is 9.59 Å². The van der Waals surface area contributed by atoms with E-state index in [9.17, 15) is 9.59 Å². The Labute approximate surface area is 114 Å². The number of carbonyl (C=O) groups excluding carboxylic acids is 2. The van der Waals surface area contributed by atoms with Crippen LogP contribution in [0.2, 0.25) is 0 Å². The highest BCUT2D eigenvalue weighted by Gasteiger charge is 2.19. The second-order valence-corrected chi connectivity index (χ2v) is 5.74. The van der Waals surface area contributed by atoms with E-state index in [1.165, 1.54) is 11.8 Å². The van der Waals surface area contributed by atoms with Crippen molar-refractivity contribution >= 4 is 17.5 Å². The molecule has 0 fully saturated rings. The molecule has 0 unspecified atom stereocenters. The van der Waals surface area contributed by atoms with Crippen LogP contribution in [0.5, 0.6) is 0 Å². The summed E-state index contributed by atoms with van der Waals surface area (Å²) < 4.78 is 0. The largest absolute Gasteiger partial charge is 0.350 e. The molecule has 1 rings (SSSR count). The van der Waals surface area contributed by atoms with Gasteiger partial charge < -0.3 is 10.2 Å². The van der Waals surface area contributed by atoms with Crippen molar-refractivity contribution in [2.45, 2.75) is 40.2 Å². The van der Waals surface area contributed by atoms with Crippen molar-refractivity contribution in [3.05, 3.63) is 29.8 Å². The fraction of sp³-hybridized carbons (Fsp3) is 0.467. The van der Waals surface area contributed by atoms with Gasteiger partial charge in [0.25, 0.3) is 0 Å². The van der Waals surface area contributed by atoms with E-state index in [-0.39, 0.29) is 23.9 Å². The maximum Gasteiger partial charge on any atom is 0.240 e. The molecule has 0 radical (unpaired) electrons. The number of nitrogens with zero attached hydrogens (tertiary/aromatic N) is 1. The van der Waals surface area contributed by atoms with Crippen LogP contribution in [0.4, 0.5) is 5.69 Å². The third kappa shape index (κ3) is 5.12. The zero-order valence-corrected chi connectivity index (χ0v) is 12.3. The summed E-state index contributed by atoms with van der Waals surface area (Å²) >= 11 is 0. The lowest BCUT2D eigenvalue weighted by Crippen LogP contribution is -2.47. The molecule has 0 aliphatic heterocycles. The van der Waals surface area contributed by atoms with Gasteiger partial charge in [0.1, 0.15) is 6.54 Å². The highest BCUT2D eigenvalue weighted by molar-refractivity contribution is 5.97. The first kappa shape index (κ1) is 15.2. The average Bonchev–Trinajstić information content (AvgIpc) is 2.24. The van der Waals surface area contributed by atoms with Gasteiger partial charge in [-0.3, -0.25) is 9.59 Å². The first-order valence-electron chi connectivity index (χ1n) is 6.35. The van der Waals surface area contributed by atoms with Gasteiger partial charge in [-0.1, -0.05) is 17.7 Å². The van der Waals surface area contributed by atoms with Gasteiger partial charge in [0.2, 0.25) is 11.8 Å². The molecule has 1 aromatic carbocycles. The molecule has 0 heterocycles. The van der Waals surface area contributed by atoms with E-state index in [0.717, 1.165) is 11.3 Å². The fourth-order valence-corrected chi connectivity index (χ4v) is 1.71. The molecule has 4 nitrogen and oxygen atoms in total. The summed E-state index contributed by atoms with van der Waals surface area (Å²) in [4.78, 5) is 25.1. The van der Waals surface area contributed by atoms with Crippen LogP contribution in [0, 0.1) is 6.92 Å². The highest BCUT2D eigenvalue weighted by Crippen LogP contribution is 2.15. The van der Waals surface area contributed by atoms with Crippen molar-refractivity contribution in [2.75, 3.05) is 11.4 Å². The van der Waals surface area contributed by atoms with Crippen molar-refractivity contribution < 1.29 is 9.59 Å². The van der Waals surface area contributed by atoms with Gasteiger partial charge in [0.15, 0.2) is 0 Å². The number of benzene rings is 1. The lowest BCUT2D eigenvalue weighted by molar-refractivity contribution is -0.124. The molecule has 0 saturated heterocycles. The minimum Gasteiger partial charge on any atom is -0.350 e. The topological polar surface area (TPSA) is 49.4 Å². The number of carbonyl (C=O) groups is 2. The van der Waals surface area contributed by atoms with Gasteiger partial charge in [-0.15, -0.1) is 0 Å². The third-order valence-electron chi connectivity index (χ3n) is 2.54. The zero-order valence-electron chi connectivity index (χ0n) is 12.3. The number of amides is 2. The second kappa shape index (κ2) is 5.87. The molecule has 0 spiro atoms. The number of hydrogen-bond acceptors (Lipinski definition) is 2. The lowest BCUT2D eigenvalue weighted by Gasteiger charge is -2.25. The Bertz CT molecular complexity index is 458. The summed E-state index contributed by atoms with van der Waals surface area (Å²) in [6.45, 7) is 9.22. The highest BCUT2D eigenvalue weighted by atomic mass is 16.2. The van der Waals surface area contributed by atoms with Crippen LogP contribution in [0.25, 0.3) is 0 Å². The van der Waals surface area contributed by atoms with E-state index in [1.54, 1.807) is 0 Å². The summed E-state index contributed by atoms with van der Waals surface area (Å²) in [5, 5.41) is 2.85. The molecule has 1 N–H and O–H groups in total. The van der Waals surface area contributed by atoms with Gasteiger partial charge in [-0.05, 0) is 39.8 Å². The standard InChI is InChI=1S/C15H22N2O2/c1-11-6-8-13(9-7-11)17(12(2)18)10-14(19)16-15(3,4)5/h6-9H,10H2,1-5H3,(H,16,19). The van der Waals surface area contributed by atoms with Crippen LogP contribution >= 0.6 is 0 Å². The van der Waals surface area contributed by atoms with Gasteiger partial charge in [-0.2, -0.15) is 0 Å². The number of rotatable bonds is 3. The SMILES string of the molecule is CC(=O)N(CC(=O)NC(C)(C)C)c1ccc(C)cc1. The van der Waals surface area contributed by atoms with Crippen LogP contribution < -0.4 is 10.2 Å². The van der Waals surface area contributed by atoms with E-state index in [2.05, 4.69) is 5.32 Å². The first-order chi connectivity index (χ1) is 8.69. The summed E-state index contributed by atoms with van der Waals surface area (Å²) in [6.07, 6.45) is 0. The molecule has 0 aromatic heterocycles. The van der Waals surface area contributed by atoms with E-state index < -0.39 is 0 Å². The Hall–Kier alpha value is -1.84. The van der Waals surface area contributed by atoms with Gasteiger partial charge >= 0.3 is 0 Å². The van der Waals surface area contributed by atoms with Crippen molar-refractivity contribution in [3.63, 3.8) is 0 Å². The molecular formula is C15H22N2O2. The molecule has 19 heavy (non-hydrogen) atoms. The summed E-state index contributed by atoms with van der Waals surface area (Å²) in [5.74, 6) is -0.309. The van der Waals surface area contributed by atoms with Crippen LogP contribution in [0.15, 0.2) is 24.3 Å².